The zero-order chi connectivity index (χ0) is 29.8. The van der Waals surface area contributed by atoms with Crippen LogP contribution < -0.4 is 15.0 Å². The maximum absolute atomic E-state index is 12.6. The number of aliphatic carboxylic acids is 1. The first kappa shape index (κ1) is 30.3. The number of aromatic nitrogens is 2. The Balaban J connectivity index is 1.61. The number of carbonyl (C=O) groups is 1. The van der Waals surface area contributed by atoms with Gasteiger partial charge in [-0.2, -0.15) is 0 Å². The van der Waals surface area contributed by atoms with Gasteiger partial charge in [0.05, 0.1) is 28.9 Å². The van der Waals surface area contributed by atoms with Crippen molar-refractivity contribution in [2.24, 2.45) is 5.41 Å². The highest BCUT2D eigenvalue weighted by Gasteiger charge is 2.36. The number of nitrogens with zero attached hydrogens (tertiary/aromatic N) is 3. The van der Waals surface area contributed by atoms with Gasteiger partial charge in [-0.15, -0.1) is 0 Å². The van der Waals surface area contributed by atoms with E-state index in [0.717, 1.165) is 54.3 Å². The first-order chi connectivity index (χ1) is 19.3. The second-order valence-corrected chi connectivity index (χ2v) is 12.6. The molecule has 0 radical (unpaired) electrons. The van der Waals surface area contributed by atoms with Crippen LogP contribution in [0.25, 0.3) is 11.3 Å². The molecule has 1 fully saturated rings. The number of piperidine rings is 1. The summed E-state index contributed by atoms with van der Waals surface area (Å²) in [6.07, 6.45) is 4.47. The van der Waals surface area contributed by atoms with Crippen molar-refractivity contribution in [1.82, 2.24) is 9.97 Å². The molecule has 1 aliphatic heterocycles. The predicted octanol–water partition coefficient (Wildman–Crippen LogP) is 6.82. The highest BCUT2D eigenvalue weighted by atomic mass is 16.5. The van der Waals surface area contributed by atoms with Crippen LogP contribution in [0, 0.1) is 19.3 Å². The first-order valence-corrected chi connectivity index (χ1v) is 14.4. The van der Waals surface area contributed by atoms with Crippen molar-refractivity contribution in [2.45, 2.75) is 73.0 Å². The van der Waals surface area contributed by atoms with Crippen LogP contribution in [0.2, 0.25) is 0 Å². The lowest BCUT2D eigenvalue weighted by Crippen LogP contribution is -2.39. The van der Waals surface area contributed by atoms with E-state index in [1.54, 1.807) is 6.20 Å². The number of carboxylic acids is 1. The third-order valence-corrected chi connectivity index (χ3v) is 7.44. The summed E-state index contributed by atoms with van der Waals surface area (Å²) < 4.78 is 12.0. The Morgan fingerprint density at radius 2 is 1.73 bits per heavy atom. The van der Waals surface area contributed by atoms with E-state index in [0.29, 0.717) is 24.4 Å². The lowest BCUT2D eigenvalue weighted by Gasteiger charge is -2.40. The van der Waals surface area contributed by atoms with Gasteiger partial charge in [-0.05, 0) is 77.1 Å². The SMILES string of the molecule is Cc1ccc(OCCNc2ccc(-c3cnc(C)c([C@H](OC(C)(C)C)C(=O)O)c3N3CCC(C)(C)CC3)nc2)cc1. The van der Waals surface area contributed by atoms with Crippen LogP contribution in [0.1, 0.15) is 70.4 Å². The Morgan fingerprint density at radius 3 is 2.32 bits per heavy atom. The maximum atomic E-state index is 12.6. The van der Waals surface area contributed by atoms with Crippen molar-refractivity contribution in [3.8, 4) is 17.0 Å². The Kier molecular flexibility index (Phi) is 9.22. The molecule has 8 nitrogen and oxygen atoms in total. The minimum atomic E-state index is -1.15. The van der Waals surface area contributed by atoms with Crippen molar-refractivity contribution < 1.29 is 19.4 Å². The van der Waals surface area contributed by atoms with E-state index in [1.165, 1.54) is 5.56 Å². The number of ether oxygens (including phenoxy) is 2. The van der Waals surface area contributed by atoms with E-state index < -0.39 is 17.7 Å². The van der Waals surface area contributed by atoms with Gasteiger partial charge >= 0.3 is 5.97 Å². The predicted molar refractivity (Wildman–Crippen MR) is 164 cm³/mol. The number of benzene rings is 1. The Labute approximate surface area is 244 Å². The zero-order valence-corrected chi connectivity index (χ0v) is 25.5. The van der Waals surface area contributed by atoms with E-state index in [9.17, 15) is 9.90 Å². The Bertz CT molecular complexity index is 1320. The van der Waals surface area contributed by atoms with Crippen molar-refractivity contribution >= 4 is 17.3 Å². The summed E-state index contributed by atoms with van der Waals surface area (Å²) in [5.41, 5.74) is 5.31. The van der Waals surface area contributed by atoms with Gasteiger partial charge in [0, 0.05) is 42.7 Å². The van der Waals surface area contributed by atoms with E-state index >= 15 is 0 Å². The average Bonchev–Trinajstić information content (AvgIpc) is 2.91. The monoisotopic (exact) mass is 560 g/mol. The van der Waals surface area contributed by atoms with Crippen LogP contribution in [0.5, 0.6) is 5.75 Å². The molecule has 0 bridgehead atoms. The fourth-order valence-electron chi connectivity index (χ4n) is 5.03. The molecule has 0 amide bonds. The molecule has 0 saturated carbocycles. The van der Waals surface area contributed by atoms with Gasteiger partial charge in [0.2, 0.25) is 0 Å². The second-order valence-electron chi connectivity index (χ2n) is 12.6. The molecule has 3 heterocycles. The molecule has 0 unspecified atom stereocenters. The smallest absolute Gasteiger partial charge is 0.337 e. The first-order valence-electron chi connectivity index (χ1n) is 14.4. The lowest BCUT2D eigenvalue weighted by molar-refractivity contribution is -0.160. The lowest BCUT2D eigenvalue weighted by atomic mass is 9.82. The highest BCUT2D eigenvalue weighted by Crippen LogP contribution is 2.43. The summed E-state index contributed by atoms with van der Waals surface area (Å²) in [5.74, 6) is -0.182. The summed E-state index contributed by atoms with van der Waals surface area (Å²) in [5, 5.41) is 13.7. The van der Waals surface area contributed by atoms with Crippen molar-refractivity contribution in [3.63, 3.8) is 0 Å². The summed E-state index contributed by atoms with van der Waals surface area (Å²) >= 11 is 0. The molecule has 4 rings (SSSR count). The molecular weight excluding hydrogens is 516 g/mol. The molecule has 2 aromatic heterocycles. The maximum Gasteiger partial charge on any atom is 0.337 e. The van der Waals surface area contributed by atoms with Crippen LogP contribution in [0.4, 0.5) is 11.4 Å². The largest absolute Gasteiger partial charge is 0.492 e. The van der Waals surface area contributed by atoms with Gasteiger partial charge in [-0.3, -0.25) is 9.97 Å². The third-order valence-electron chi connectivity index (χ3n) is 7.44. The van der Waals surface area contributed by atoms with Crippen LogP contribution >= 0.6 is 0 Å². The molecule has 2 N–H and O–H groups in total. The van der Waals surface area contributed by atoms with Crippen molar-refractivity contribution in [1.29, 1.82) is 0 Å². The summed E-state index contributed by atoms with van der Waals surface area (Å²) in [6.45, 7) is 16.9. The number of pyridine rings is 2. The number of hydrogen-bond donors (Lipinski definition) is 2. The quantitative estimate of drug-likeness (QED) is 0.261. The minimum Gasteiger partial charge on any atom is -0.492 e. The van der Waals surface area contributed by atoms with Gasteiger partial charge in [0.1, 0.15) is 12.4 Å². The third kappa shape index (κ3) is 7.97. The highest BCUT2D eigenvalue weighted by molar-refractivity contribution is 5.85. The van der Waals surface area contributed by atoms with E-state index in [1.807, 2.05) is 70.3 Å². The molecule has 41 heavy (non-hydrogen) atoms. The molecule has 3 aromatic rings. The summed E-state index contributed by atoms with van der Waals surface area (Å²) in [6, 6.07) is 11.9. The average molecular weight is 561 g/mol. The van der Waals surface area contributed by atoms with E-state index in [-0.39, 0.29) is 5.41 Å². The molecule has 1 atom stereocenters. The molecule has 1 saturated heterocycles. The molecule has 8 heteroatoms. The van der Waals surface area contributed by atoms with E-state index in [2.05, 4.69) is 36.0 Å². The number of anilines is 2. The molecule has 220 valence electrons. The second kappa shape index (κ2) is 12.5. The van der Waals surface area contributed by atoms with Crippen molar-refractivity contribution in [2.75, 3.05) is 36.5 Å². The zero-order valence-electron chi connectivity index (χ0n) is 25.5. The number of aryl methyl sites for hydroxylation is 2. The van der Waals surface area contributed by atoms with Gasteiger partial charge in [-0.25, -0.2) is 4.79 Å². The molecule has 0 aliphatic carbocycles. The van der Waals surface area contributed by atoms with Crippen LogP contribution in [-0.2, 0) is 9.53 Å². The Morgan fingerprint density at radius 1 is 1.05 bits per heavy atom. The number of hydrogen-bond acceptors (Lipinski definition) is 7. The fraction of sp³-hybridized carbons (Fsp3) is 0.485. The van der Waals surface area contributed by atoms with Gasteiger partial charge < -0.3 is 24.8 Å². The normalized spacial score (nSPS) is 15.8. The molecular formula is C33H44N4O4. The van der Waals surface area contributed by atoms with Gasteiger partial charge in [-0.1, -0.05) is 31.5 Å². The van der Waals surface area contributed by atoms with Gasteiger partial charge in [0.15, 0.2) is 6.10 Å². The standard InChI is InChI=1S/C33H44N4O4/c1-22-8-11-25(12-9-22)40-19-16-34-24-10-13-27(36-20-24)26-21-35-23(2)28(30(31(38)39)41-32(3,4)5)29(26)37-17-14-33(6,7)15-18-37/h8-13,20-21,30,34H,14-19H2,1-7H3,(H,38,39)/t30-/m0/s1. The number of carboxylic acid groups (broad SMARTS) is 1. The molecule has 0 spiro atoms. The molecule has 1 aromatic carbocycles. The van der Waals surface area contributed by atoms with Crippen LogP contribution in [0.15, 0.2) is 48.8 Å². The van der Waals surface area contributed by atoms with Crippen molar-refractivity contribution in [3.05, 3.63) is 65.6 Å². The Hall–Kier alpha value is -3.65. The van der Waals surface area contributed by atoms with E-state index in [4.69, 9.17) is 14.5 Å². The fourth-order valence-corrected chi connectivity index (χ4v) is 5.03. The topological polar surface area (TPSA) is 96.8 Å². The number of nitrogens with one attached hydrogen (secondary N) is 1. The number of rotatable bonds is 10. The van der Waals surface area contributed by atoms with Gasteiger partial charge in [0.25, 0.3) is 0 Å². The molecule has 1 aliphatic rings. The van der Waals surface area contributed by atoms with Crippen LogP contribution in [-0.4, -0.2) is 52.9 Å². The van der Waals surface area contributed by atoms with Crippen LogP contribution in [0.3, 0.4) is 0 Å². The summed E-state index contributed by atoms with van der Waals surface area (Å²) in [4.78, 5) is 24.3. The summed E-state index contributed by atoms with van der Waals surface area (Å²) in [7, 11) is 0. The minimum absolute atomic E-state index is 0.238.